The Morgan fingerprint density at radius 2 is 1.17 bits per heavy atom. The normalized spacial score (nSPS) is 7.08. The molecule has 0 heterocycles. The standard InChI is InChI=1S/C3H8O2.C3H6.C2H6O2/c4-2-1-3-5;1-3-2;3-1-2-4/h4-5H,1-3H2;3H,1H2,2H3;3-4H,1-2H2. The fourth-order valence-electron chi connectivity index (χ4n) is 0.0707. The lowest BCUT2D eigenvalue weighted by Gasteiger charge is -1.79. The zero-order valence-corrected chi connectivity index (χ0v) is 7.61. The maximum Gasteiger partial charge on any atom is 0.0662 e. The van der Waals surface area contributed by atoms with Crippen molar-refractivity contribution in [3.63, 3.8) is 0 Å². The predicted octanol–water partition coefficient (Wildman–Crippen LogP) is -0.476. The fraction of sp³-hybridized carbons (Fsp3) is 0.750. The molecule has 0 aromatic rings. The molecule has 0 unspecified atom stereocenters. The highest BCUT2D eigenvalue weighted by atomic mass is 16.3. The van der Waals surface area contributed by atoms with Gasteiger partial charge in [-0.05, 0) is 13.3 Å². The van der Waals surface area contributed by atoms with E-state index in [1.165, 1.54) is 0 Å². The second-order valence-electron chi connectivity index (χ2n) is 1.66. The number of allylic oxidation sites excluding steroid dienone is 1. The average Bonchev–Trinajstić information content (AvgIpc) is 2.08. The van der Waals surface area contributed by atoms with Gasteiger partial charge in [0.2, 0.25) is 0 Å². The summed E-state index contributed by atoms with van der Waals surface area (Å²) in [7, 11) is 0. The van der Waals surface area contributed by atoms with Crippen LogP contribution in [0.3, 0.4) is 0 Å². The van der Waals surface area contributed by atoms with E-state index in [9.17, 15) is 0 Å². The van der Waals surface area contributed by atoms with Crippen LogP contribution in [0.15, 0.2) is 12.7 Å². The maximum atomic E-state index is 7.91. The van der Waals surface area contributed by atoms with Crippen molar-refractivity contribution in [2.75, 3.05) is 26.4 Å². The van der Waals surface area contributed by atoms with E-state index in [-0.39, 0.29) is 26.4 Å². The molecule has 0 fully saturated rings. The van der Waals surface area contributed by atoms with E-state index in [1.54, 1.807) is 6.08 Å². The Balaban J connectivity index is -0.000000105. The molecule has 76 valence electrons. The molecule has 0 amide bonds. The van der Waals surface area contributed by atoms with Crippen LogP contribution in [0.1, 0.15) is 13.3 Å². The minimum Gasteiger partial charge on any atom is -0.396 e. The summed E-state index contributed by atoms with van der Waals surface area (Å²) in [5.74, 6) is 0. The smallest absolute Gasteiger partial charge is 0.0662 e. The average molecular weight is 180 g/mol. The Labute approximate surface area is 73.8 Å². The van der Waals surface area contributed by atoms with Crippen molar-refractivity contribution >= 4 is 0 Å². The van der Waals surface area contributed by atoms with Gasteiger partial charge in [-0.25, -0.2) is 0 Å². The van der Waals surface area contributed by atoms with Crippen LogP contribution in [0, 0.1) is 0 Å². The largest absolute Gasteiger partial charge is 0.396 e. The van der Waals surface area contributed by atoms with Crippen LogP contribution in [0.4, 0.5) is 0 Å². The van der Waals surface area contributed by atoms with Gasteiger partial charge in [0.05, 0.1) is 13.2 Å². The number of hydrogen-bond donors (Lipinski definition) is 4. The Hall–Kier alpha value is -0.420. The molecule has 4 N–H and O–H groups in total. The highest BCUT2D eigenvalue weighted by molar-refractivity contribution is 4.51. The van der Waals surface area contributed by atoms with Crippen LogP contribution in [0.2, 0.25) is 0 Å². The second kappa shape index (κ2) is 31.2. The lowest BCUT2D eigenvalue weighted by Crippen LogP contribution is -1.85. The monoisotopic (exact) mass is 180 g/mol. The van der Waals surface area contributed by atoms with Crippen molar-refractivity contribution in [1.29, 1.82) is 0 Å². The Morgan fingerprint density at radius 3 is 1.17 bits per heavy atom. The summed E-state index contributed by atoms with van der Waals surface area (Å²) < 4.78 is 0. The first-order chi connectivity index (χ1) is 5.74. The minimum atomic E-state index is -0.125. The molecule has 0 bridgehead atoms. The molecular formula is C8H20O4. The van der Waals surface area contributed by atoms with Gasteiger partial charge in [-0.15, -0.1) is 6.58 Å². The van der Waals surface area contributed by atoms with Crippen molar-refractivity contribution in [2.24, 2.45) is 0 Å². The molecule has 0 spiro atoms. The minimum absolute atomic E-state index is 0.0938. The SMILES string of the molecule is C=CC.OCCCO.OCCO. The summed E-state index contributed by atoms with van der Waals surface area (Å²) in [6.45, 7) is 5.19. The molecule has 0 atom stereocenters. The lowest BCUT2D eigenvalue weighted by molar-refractivity contribution is 0.186. The van der Waals surface area contributed by atoms with Crippen molar-refractivity contribution in [3.05, 3.63) is 12.7 Å². The van der Waals surface area contributed by atoms with Crippen LogP contribution in [-0.2, 0) is 0 Å². The molecule has 0 saturated heterocycles. The van der Waals surface area contributed by atoms with Gasteiger partial charge in [0.15, 0.2) is 0 Å². The summed E-state index contributed by atoms with van der Waals surface area (Å²) in [6.07, 6.45) is 2.25. The van der Waals surface area contributed by atoms with Crippen molar-refractivity contribution in [3.8, 4) is 0 Å². The summed E-state index contributed by atoms with van der Waals surface area (Å²) in [4.78, 5) is 0. The third-order valence-electron chi connectivity index (χ3n) is 0.416. The van der Waals surface area contributed by atoms with E-state index in [0.717, 1.165) is 0 Å². The number of hydrogen-bond acceptors (Lipinski definition) is 4. The van der Waals surface area contributed by atoms with Crippen LogP contribution in [0.25, 0.3) is 0 Å². The molecule has 4 heteroatoms. The highest BCUT2D eigenvalue weighted by Crippen LogP contribution is 1.65. The van der Waals surface area contributed by atoms with Gasteiger partial charge in [0.1, 0.15) is 0 Å². The molecule has 0 saturated carbocycles. The lowest BCUT2D eigenvalue weighted by atomic mass is 10.5. The summed E-state index contributed by atoms with van der Waals surface area (Å²) in [5, 5.41) is 31.1. The molecule has 0 aliphatic carbocycles. The molecule has 0 radical (unpaired) electrons. The first-order valence-corrected chi connectivity index (χ1v) is 3.75. The van der Waals surface area contributed by atoms with Gasteiger partial charge < -0.3 is 20.4 Å². The third-order valence-corrected chi connectivity index (χ3v) is 0.416. The van der Waals surface area contributed by atoms with E-state index < -0.39 is 0 Å². The predicted molar refractivity (Wildman–Crippen MR) is 48.8 cm³/mol. The molecule has 12 heavy (non-hydrogen) atoms. The summed E-state index contributed by atoms with van der Waals surface area (Å²) >= 11 is 0. The van der Waals surface area contributed by atoms with Crippen molar-refractivity contribution in [1.82, 2.24) is 0 Å². The molecule has 4 nitrogen and oxygen atoms in total. The first-order valence-electron chi connectivity index (χ1n) is 3.75. The van der Waals surface area contributed by atoms with Crippen LogP contribution in [0.5, 0.6) is 0 Å². The topological polar surface area (TPSA) is 80.9 Å². The van der Waals surface area contributed by atoms with Gasteiger partial charge in [-0.3, -0.25) is 0 Å². The number of rotatable bonds is 3. The molecule has 0 aromatic heterocycles. The fourth-order valence-corrected chi connectivity index (χ4v) is 0.0707. The zero-order chi connectivity index (χ0) is 10.2. The van der Waals surface area contributed by atoms with Gasteiger partial charge in [0.25, 0.3) is 0 Å². The van der Waals surface area contributed by atoms with Crippen LogP contribution in [-0.4, -0.2) is 46.9 Å². The Kier molecular flexibility index (Phi) is 45.8. The number of aliphatic hydroxyl groups excluding tert-OH is 4. The Morgan fingerprint density at radius 1 is 0.917 bits per heavy atom. The third kappa shape index (κ3) is 106. The van der Waals surface area contributed by atoms with Crippen molar-refractivity contribution < 1.29 is 20.4 Å². The summed E-state index contributed by atoms with van der Waals surface area (Å²) in [6, 6.07) is 0. The molecular weight excluding hydrogens is 160 g/mol. The van der Waals surface area contributed by atoms with Gasteiger partial charge >= 0.3 is 0 Å². The van der Waals surface area contributed by atoms with Gasteiger partial charge in [0, 0.05) is 13.2 Å². The Bertz CT molecular complexity index is 53.0. The van der Waals surface area contributed by atoms with E-state index in [2.05, 4.69) is 6.58 Å². The molecule has 0 aliphatic rings. The molecule has 0 rings (SSSR count). The second-order valence-corrected chi connectivity index (χ2v) is 1.66. The maximum absolute atomic E-state index is 7.91. The van der Waals surface area contributed by atoms with E-state index in [0.29, 0.717) is 6.42 Å². The number of aliphatic hydroxyl groups is 4. The van der Waals surface area contributed by atoms with E-state index in [1.807, 2.05) is 6.92 Å². The van der Waals surface area contributed by atoms with Crippen LogP contribution < -0.4 is 0 Å². The summed E-state index contributed by atoms with van der Waals surface area (Å²) in [5.41, 5.74) is 0. The van der Waals surface area contributed by atoms with E-state index in [4.69, 9.17) is 20.4 Å². The van der Waals surface area contributed by atoms with Crippen molar-refractivity contribution in [2.45, 2.75) is 13.3 Å². The quantitative estimate of drug-likeness (QED) is 0.442. The van der Waals surface area contributed by atoms with Crippen LogP contribution >= 0.6 is 0 Å². The van der Waals surface area contributed by atoms with Gasteiger partial charge in [-0.2, -0.15) is 0 Å². The van der Waals surface area contributed by atoms with E-state index >= 15 is 0 Å². The van der Waals surface area contributed by atoms with Gasteiger partial charge in [-0.1, -0.05) is 6.08 Å². The molecule has 0 aliphatic heterocycles. The first kappa shape index (κ1) is 17.6. The highest BCUT2D eigenvalue weighted by Gasteiger charge is 1.70. The molecule has 0 aromatic carbocycles. The zero-order valence-electron chi connectivity index (χ0n) is 7.61.